The molecule has 2 aromatic heterocycles. The number of aromatic nitrogens is 1. The van der Waals surface area contributed by atoms with Crippen LogP contribution in [0.1, 0.15) is 42.8 Å². The van der Waals surface area contributed by atoms with Crippen molar-refractivity contribution in [2.24, 2.45) is 0 Å². The lowest BCUT2D eigenvalue weighted by Gasteiger charge is -2.11. The van der Waals surface area contributed by atoms with Crippen molar-refractivity contribution in [1.82, 2.24) is 4.98 Å². The smallest absolute Gasteiger partial charge is 0.259 e. The van der Waals surface area contributed by atoms with E-state index in [0.29, 0.717) is 50.7 Å². The van der Waals surface area contributed by atoms with E-state index in [1.807, 2.05) is 32.9 Å². The van der Waals surface area contributed by atoms with Crippen molar-refractivity contribution in [2.45, 2.75) is 33.1 Å². The summed E-state index contributed by atoms with van der Waals surface area (Å²) in [7, 11) is 1.59. The number of anilines is 1. The van der Waals surface area contributed by atoms with Crippen molar-refractivity contribution in [3.8, 4) is 5.75 Å². The first kappa shape index (κ1) is 18.1. The highest BCUT2D eigenvalue weighted by Crippen LogP contribution is 2.31. The largest absolute Gasteiger partial charge is 0.497 e. The highest BCUT2D eigenvalue weighted by Gasteiger charge is 2.22. The third-order valence-corrected chi connectivity index (χ3v) is 4.59. The molecule has 1 amide bonds. The quantitative estimate of drug-likeness (QED) is 0.513. The number of aryl methyl sites for hydroxylation is 1. The number of ether oxygens (including phenoxy) is 1. The first-order chi connectivity index (χ1) is 13.3. The SMILES string of the molecule is COc1ccc2oc(C)c(C(=O)Nc3ccc4oc(C(C)(C)C)nc4c3)c2c1. The van der Waals surface area contributed by atoms with Crippen molar-refractivity contribution in [3.63, 3.8) is 0 Å². The number of nitrogens with zero attached hydrogens (tertiary/aromatic N) is 1. The molecule has 0 aliphatic carbocycles. The average molecular weight is 378 g/mol. The molecule has 4 aromatic rings. The van der Waals surface area contributed by atoms with Crippen LogP contribution in [-0.4, -0.2) is 18.0 Å². The summed E-state index contributed by atoms with van der Waals surface area (Å²) < 4.78 is 16.8. The number of amides is 1. The first-order valence-electron chi connectivity index (χ1n) is 9.06. The van der Waals surface area contributed by atoms with Crippen LogP contribution >= 0.6 is 0 Å². The van der Waals surface area contributed by atoms with Crippen molar-refractivity contribution in [1.29, 1.82) is 0 Å². The molecule has 6 heteroatoms. The van der Waals surface area contributed by atoms with Gasteiger partial charge in [-0.1, -0.05) is 20.8 Å². The molecule has 0 fully saturated rings. The molecule has 0 radical (unpaired) electrons. The number of nitrogens with one attached hydrogen (secondary N) is 1. The van der Waals surface area contributed by atoms with Gasteiger partial charge in [-0.15, -0.1) is 0 Å². The van der Waals surface area contributed by atoms with E-state index in [1.54, 1.807) is 38.3 Å². The van der Waals surface area contributed by atoms with E-state index in [0.717, 1.165) is 0 Å². The lowest BCUT2D eigenvalue weighted by molar-refractivity contribution is 0.102. The minimum Gasteiger partial charge on any atom is -0.497 e. The fourth-order valence-corrected chi connectivity index (χ4v) is 3.13. The normalized spacial score (nSPS) is 11.9. The minimum atomic E-state index is -0.247. The van der Waals surface area contributed by atoms with Crippen LogP contribution in [0.25, 0.3) is 22.1 Å². The van der Waals surface area contributed by atoms with Crippen LogP contribution < -0.4 is 10.1 Å². The van der Waals surface area contributed by atoms with Crippen molar-refractivity contribution >= 4 is 33.7 Å². The van der Waals surface area contributed by atoms with Crippen LogP contribution in [0.3, 0.4) is 0 Å². The highest BCUT2D eigenvalue weighted by molar-refractivity contribution is 6.13. The molecular formula is C22H22N2O4. The summed E-state index contributed by atoms with van der Waals surface area (Å²) in [6.45, 7) is 7.90. The van der Waals surface area contributed by atoms with E-state index in [9.17, 15) is 4.79 Å². The summed E-state index contributed by atoms with van der Waals surface area (Å²) in [5.74, 6) is 1.64. The Morgan fingerprint density at radius 3 is 2.54 bits per heavy atom. The summed E-state index contributed by atoms with van der Waals surface area (Å²) in [5.41, 5.74) is 2.99. The Balaban J connectivity index is 1.68. The van der Waals surface area contributed by atoms with Gasteiger partial charge in [-0.05, 0) is 43.3 Å². The minimum absolute atomic E-state index is 0.186. The lowest BCUT2D eigenvalue weighted by atomic mass is 9.97. The Bertz CT molecular complexity index is 1190. The Morgan fingerprint density at radius 1 is 1.07 bits per heavy atom. The summed E-state index contributed by atoms with van der Waals surface area (Å²) in [6.07, 6.45) is 0. The van der Waals surface area contributed by atoms with Gasteiger partial charge in [0, 0.05) is 16.5 Å². The van der Waals surface area contributed by atoms with E-state index in [4.69, 9.17) is 13.6 Å². The number of carbonyl (C=O) groups excluding carboxylic acids is 1. The second-order valence-corrected chi connectivity index (χ2v) is 7.80. The van der Waals surface area contributed by atoms with E-state index < -0.39 is 0 Å². The zero-order valence-electron chi connectivity index (χ0n) is 16.5. The number of fused-ring (bicyclic) bond motifs is 2. The molecule has 2 aromatic carbocycles. The molecule has 0 bridgehead atoms. The maximum Gasteiger partial charge on any atom is 0.259 e. The third kappa shape index (κ3) is 3.11. The molecule has 1 N–H and O–H groups in total. The van der Waals surface area contributed by atoms with E-state index in [2.05, 4.69) is 10.3 Å². The van der Waals surface area contributed by atoms with Gasteiger partial charge in [0.1, 0.15) is 22.6 Å². The Kier molecular flexibility index (Phi) is 4.14. The number of hydrogen-bond donors (Lipinski definition) is 1. The van der Waals surface area contributed by atoms with Crippen LogP contribution in [0.5, 0.6) is 5.75 Å². The second kappa shape index (κ2) is 6.41. The van der Waals surface area contributed by atoms with Crippen LogP contribution in [0, 0.1) is 6.92 Å². The molecular weight excluding hydrogens is 356 g/mol. The molecule has 144 valence electrons. The molecule has 0 spiro atoms. The zero-order valence-corrected chi connectivity index (χ0v) is 16.5. The predicted octanol–water partition coefficient (Wildman–Crippen LogP) is 5.44. The van der Waals surface area contributed by atoms with Crippen molar-refractivity contribution in [2.75, 3.05) is 12.4 Å². The summed E-state index contributed by atoms with van der Waals surface area (Å²) in [6, 6.07) is 10.8. The molecule has 0 unspecified atom stereocenters. The maximum atomic E-state index is 13.0. The van der Waals surface area contributed by atoms with Gasteiger partial charge < -0.3 is 18.9 Å². The fourth-order valence-electron chi connectivity index (χ4n) is 3.13. The second-order valence-electron chi connectivity index (χ2n) is 7.80. The van der Waals surface area contributed by atoms with Gasteiger partial charge in [0.05, 0.1) is 12.7 Å². The van der Waals surface area contributed by atoms with E-state index in [1.165, 1.54) is 0 Å². The van der Waals surface area contributed by atoms with Crippen LogP contribution in [0.15, 0.2) is 45.2 Å². The Hall–Kier alpha value is -3.28. The standard InChI is InChI=1S/C22H22N2O4/c1-12-19(15-11-14(26-5)7-9-17(15)27-12)20(25)23-13-6-8-18-16(10-13)24-21(28-18)22(2,3)4/h6-11H,1-5H3,(H,23,25). The molecule has 0 saturated carbocycles. The number of rotatable bonds is 3. The number of furan rings is 1. The van der Waals surface area contributed by atoms with Crippen molar-refractivity contribution in [3.05, 3.63) is 53.6 Å². The summed E-state index contributed by atoms with van der Waals surface area (Å²) in [4.78, 5) is 17.5. The molecule has 28 heavy (non-hydrogen) atoms. The fraction of sp³-hybridized carbons (Fsp3) is 0.273. The van der Waals surface area contributed by atoms with Gasteiger partial charge in [-0.25, -0.2) is 4.98 Å². The topological polar surface area (TPSA) is 77.5 Å². The monoisotopic (exact) mass is 378 g/mol. The summed E-state index contributed by atoms with van der Waals surface area (Å²) in [5, 5.41) is 3.65. The molecule has 6 nitrogen and oxygen atoms in total. The molecule has 2 heterocycles. The summed E-state index contributed by atoms with van der Waals surface area (Å²) >= 11 is 0. The van der Waals surface area contributed by atoms with Gasteiger partial charge in [0.25, 0.3) is 5.91 Å². The van der Waals surface area contributed by atoms with Gasteiger partial charge in [0.2, 0.25) is 5.89 Å². The predicted molar refractivity (Wildman–Crippen MR) is 108 cm³/mol. The number of methoxy groups -OCH3 is 1. The van der Waals surface area contributed by atoms with Crippen LogP contribution in [-0.2, 0) is 5.41 Å². The van der Waals surface area contributed by atoms with Crippen molar-refractivity contribution < 1.29 is 18.4 Å². The van der Waals surface area contributed by atoms with Gasteiger partial charge in [-0.3, -0.25) is 4.79 Å². The van der Waals surface area contributed by atoms with Crippen LogP contribution in [0.2, 0.25) is 0 Å². The third-order valence-electron chi connectivity index (χ3n) is 4.59. The zero-order chi connectivity index (χ0) is 20.1. The Morgan fingerprint density at radius 2 is 1.82 bits per heavy atom. The number of benzene rings is 2. The first-order valence-corrected chi connectivity index (χ1v) is 9.06. The highest BCUT2D eigenvalue weighted by atomic mass is 16.5. The molecule has 0 aliphatic rings. The van der Waals surface area contributed by atoms with Gasteiger partial charge >= 0.3 is 0 Å². The maximum absolute atomic E-state index is 13.0. The molecule has 0 atom stereocenters. The Labute approximate surface area is 162 Å². The molecule has 0 aliphatic heterocycles. The molecule has 4 rings (SSSR count). The number of carbonyl (C=O) groups is 1. The van der Waals surface area contributed by atoms with E-state index >= 15 is 0 Å². The average Bonchev–Trinajstić information content (AvgIpc) is 3.20. The number of hydrogen-bond acceptors (Lipinski definition) is 5. The van der Waals surface area contributed by atoms with Gasteiger partial charge in [-0.2, -0.15) is 0 Å². The lowest BCUT2D eigenvalue weighted by Crippen LogP contribution is -2.12. The van der Waals surface area contributed by atoms with Gasteiger partial charge in [0.15, 0.2) is 5.58 Å². The van der Waals surface area contributed by atoms with E-state index in [-0.39, 0.29) is 11.3 Å². The molecule has 0 saturated heterocycles. The number of oxazole rings is 1. The van der Waals surface area contributed by atoms with Crippen LogP contribution in [0.4, 0.5) is 5.69 Å².